The maximum absolute atomic E-state index is 11.1. The summed E-state index contributed by atoms with van der Waals surface area (Å²) in [5, 5.41) is 12.7. The molecule has 19 heavy (non-hydrogen) atoms. The van der Waals surface area contributed by atoms with Crippen LogP contribution in [0.15, 0.2) is 30.5 Å². The van der Waals surface area contributed by atoms with Crippen molar-refractivity contribution in [2.75, 3.05) is 13.7 Å². The lowest BCUT2D eigenvalue weighted by Crippen LogP contribution is -2.25. The van der Waals surface area contributed by atoms with Gasteiger partial charge in [-0.25, -0.2) is 4.79 Å². The van der Waals surface area contributed by atoms with Crippen molar-refractivity contribution in [1.82, 2.24) is 9.88 Å². The van der Waals surface area contributed by atoms with Crippen LogP contribution >= 0.6 is 0 Å². The first-order valence-corrected chi connectivity index (χ1v) is 5.72. The van der Waals surface area contributed by atoms with Gasteiger partial charge in [0.1, 0.15) is 0 Å². The molecule has 0 spiro atoms. The summed E-state index contributed by atoms with van der Waals surface area (Å²) >= 11 is 0. The Kier molecular flexibility index (Phi) is 3.82. The van der Waals surface area contributed by atoms with Crippen molar-refractivity contribution < 1.29 is 19.4 Å². The minimum atomic E-state index is -0.970. The van der Waals surface area contributed by atoms with E-state index in [0.717, 1.165) is 5.52 Å². The summed E-state index contributed by atoms with van der Waals surface area (Å²) in [5.74, 6) is -1.34. The molecule has 1 aromatic carbocycles. The molecular weight excluding hydrogens is 248 g/mol. The second-order valence-corrected chi connectivity index (χ2v) is 4.00. The van der Waals surface area contributed by atoms with Gasteiger partial charge >= 0.3 is 11.9 Å². The molecule has 0 atom stereocenters. The van der Waals surface area contributed by atoms with Crippen molar-refractivity contribution in [1.29, 1.82) is 0 Å². The number of hydrogen-bond acceptors (Lipinski definition) is 4. The maximum atomic E-state index is 11.1. The van der Waals surface area contributed by atoms with Crippen LogP contribution < -0.4 is 5.32 Å². The molecule has 6 heteroatoms. The number of fused-ring (bicyclic) bond motifs is 1. The monoisotopic (exact) mass is 262 g/mol. The molecule has 0 unspecified atom stereocenters. The summed E-state index contributed by atoms with van der Waals surface area (Å²) in [6.07, 6.45) is 1.55. The maximum Gasteiger partial charge on any atom is 0.337 e. The van der Waals surface area contributed by atoms with Gasteiger partial charge < -0.3 is 14.4 Å². The molecule has 0 saturated heterocycles. The molecular formula is C13H14N2O4. The molecule has 0 bridgehead atoms. The van der Waals surface area contributed by atoms with Gasteiger partial charge in [-0.2, -0.15) is 0 Å². The molecule has 0 aliphatic rings. The summed E-state index contributed by atoms with van der Waals surface area (Å²) in [4.78, 5) is 22.1. The van der Waals surface area contributed by atoms with Crippen molar-refractivity contribution in [2.45, 2.75) is 6.67 Å². The van der Waals surface area contributed by atoms with Gasteiger partial charge in [0.2, 0.25) is 0 Å². The number of ether oxygens (including phenoxy) is 1. The lowest BCUT2D eigenvalue weighted by molar-refractivity contribution is -0.139. The number of para-hydroxylation sites is 1. The number of carboxylic acids is 1. The van der Waals surface area contributed by atoms with Crippen molar-refractivity contribution in [3.8, 4) is 0 Å². The average molecular weight is 262 g/mol. The fraction of sp³-hybridized carbons (Fsp3) is 0.231. The van der Waals surface area contributed by atoms with E-state index in [-0.39, 0.29) is 18.1 Å². The first-order chi connectivity index (χ1) is 9.13. The normalized spacial score (nSPS) is 10.6. The molecule has 0 aliphatic heterocycles. The first kappa shape index (κ1) is 13.1. The molecule has 0 fully saturated rings. The van der Waals surface area contributed by atoms with Crippen molar-refractivity contribution in [3.05, 3.63) is 36.0 Å². The molecule has 2 rings (SSSR count). The predicted octanol–water partition coefficient (Wildman–Crippen LogP) is 1.06. The zero-order valence-corrected chi connectivity index (χ0v) is 10.4. The Morgan fingerprint density at radius 3 is 2.79 bits per heavy atom. The Balaban J connectivity index is 2.23. The Bertz CT molecular complexity index is 618. The first-order valence-electron chi connectivity index (χ1n) is 5.72. The highest BCUT2D eigenvalue weighted by Crippen LogP contribution is 2.20. The van der Waals surface area contributed by atoms with E-state index >= 15 is 0 Å². The number of nitrogens with zero attached hydrogens (tertiary/aromatic N) is 1. The number of rotatable bonds is 5. The zero-order chi connectivity index (χ0) is 13.8. The van der Waals surface area contributed by atoms with Crippen LogP contribution in [0.2, 0.25) is 0 Å². The standard InChI is InChI=1S/C13H14N2O4/c1-19-12(16)6-14-8-15-7-10(13(17)18)9-4-2-3-5-11(9)15/h2-5,7,14H,6,8H2,1H3,(H,17,18). The minimum absolute atomic E-state index is 0.0748. The fourth-order valence-corrected chi connectivity index (χ4v) is 1.90. The smallest absolute Gasteiger partial charge is 0.337 e. The third-order valence-electron chi connectivity index (χ3n) is 2.80. The molecule has 100 valence electrons. The fourth-order valence-electron chi connectivity index (χ4n) is 1.90. The van der Waals surface area contributed by atoms with Crippen molar-refractivity contribution >= 4 is 22.8 Å². The van der Waals surface area contributed by atoms with Crippen LogP contribution in [0.4, 0.5) is 0 Å². The van der Waals surface area contributed by atoms with E-state index in [1.54, 1.807) is 22.9 Å². The second-order valence-electron chi connectivity index (χ2n) is 4.00. The van der Waals surface area contributed by atoms with Gasteiger partial charge in [-0.3, -0.25) is 10.1 Å². The lowest BCUT2D eigenvalue weighted by Gasteiger charge is -2.06. The highest BCUT2D eigenvalue weighted by Gasteiger charge is 2.13. The molecule has 0 amide bonds. The van der Waals surface area contributed by atoms with Crippen LogP contribution in [-0.2, 0) is 16.2 Å². The van der Waals surface area contributed by atoms with Gasteiger partial charge in [-0.05, 0) is 6.07 Å². The molecule has 2 aromatic rings. The number of methoxy groups -OCH3 is 1. The summed E-state index contributed by atoms with van der Waals surface area (Å²) in [5.41, 5.74) is 1.05. The number of aromatic nitrogens is 1. The number of nitrogens with one attached hydrogen (secondary N) is 1. The third-order valence-corrected chi connectivity index (χ3v) is 2.80. The summed E-state index contributed by atoms with van der Waals surface area (Å²) in [6.45, 7) is 0.411. The van der Waals surface area contributed by atoms with E-state index in [2.05, 4.69) is 10.1 Å². The van der Waals surface area contributed by atoms with Gasteiger partial charge in [-0.1, -0.05) is 18.2 Å². The van der Waals surface area contributed by atoms with Crippen LogP contribution in [0.25, 0.3) is 10.9 Å². The number of carbonyl (C=O) groups is 2. The second kappa shape index (κ2) is 5.53. The largest absolute Gasteiger partial charge is 0.478 e. The third kappa shape index (κ3) is 2.74. The van der Waals surface area contributed by atoms with E-state index in [1.807, 2.05) is 12.1 Å². The Labute approximate surface area is 109 Å². The Morgan fingerprint density at radius 1 is 1.37 bits per heavy atom. The van der Waals surface area contributed by atoms with E-state index in [4.69, 9.17) is 5.11 Å². The Hall–Kier alpha value is -2.34. The molecule has 2 N–H and O–H groups in total. The van der Waals surface area contributed by atoms with E-state index < -0.39 is 5.97 Å². The molecule has 1 heterocycles. The van der Waals surface area contributed by atoms with Gasteiger partial charge in [0.05, 0.1) is 25.9 Å². The van der Waals surface area contributed by atoms with Gasteiger partial charge in [0.25, 0.3) is 0 Å². The van der Waals surface area contributed by atoms with Gasteiger partial charge in [0, 0.05) is 17.1 Å². The quantitative estimate of drug-likeness (QED) is 0.787. The molecule has 6 nitrogen and oxygen atoms in total. The van der Waals surface area contributed by atoms with Crippen LogP contribution in [0.3, 0.4) is 0 Å². The molecule has 0 radical (unpaired) electrons. The van der Waals surface area contributed by atoms with Crippen molar-refractivity contribution in [3.63, 3.8) is 0 Å². The SMILES string of the molecule is COC(=O)CNCn1cc(C(=O)O)c2ccccc21. The van der Waals surface area contributed by atoms with Crippen molar-refractivity contribution in [2.24, 2.45) is 0 Å². The number of carboxylic acid groups (broad SMARTS) is 1. The molecule has 1 aromatic heterocycles. The number of benzene rings is 1. The molecule has 0 saturated carbocycles. The number of aromatic carboxylic acids is 1. The van der Waals surface area contributed by atoms with Gasteiger partial charge in [-0.15, -0.1) is 0 Å². The lowest BCUT2D eigenvalue weighted by atomic mass is 10.2. The number of esters is 1. The topological polar surface area (TPSA) is 80.6 Å². The molecule has 0 aliphatic carbocycles. The van der Waals surface area contributed by atoms with Crippen LogP contribution in [-0.4, -0.2) is 35.3 Å². The van der Waals surface area contributed by atoms with E-state index in [1.165, 1.54) is 7.11 Å². The van der Waals surface area contributed by atoms with E-state index in [0.29, 0.717) is 12.1 Å². The number of hydrogen-bond donors (Lipinski definition) is 2. The predicted molar refractivity (Wildman–Crippen MR) is 68.9 cm³/mol. The average Bonchev–Trinajstić information content (AvgIpc) is 2.78. The highest BCUT2D eigenvalue weighted by atomic mass is 16.5. The number of carbonyl (C=O) groups excluding carboxylic acids is 1. The summed E-state index contributed by atoms with van der Waals surface area (Å²) < 4.78 is 6.27. The Morgan fingerprint density at radius 2 is 2.11 bits per heavy atom. The zero-order valence-electron chi connectivity index (χ0n) is 10.4. The minimum Gasteiger partial charge on any atom is -0.478 e. The highest BCUT2D eigenvalue weighted by molar-refractivity contribution is 6.03. The van der Waals surface area contributed by atoms with Crippen LogP contribution in [0, 0.1) is 0 Å². The summed E-state index contributed by atoms with van der Waals surface area (Å²) in [7, 11) is 1.32. The summed E-state index contributed by atoms with van der Waals surface area (Å²) in [6, 6.07) is 7.23. The van der Waals surface area contributed by atoms with E-state index in [9.17, 15) is 9.59 Å². The van der Waals surface area contributed by atoms with Crippen LogP contribution in [0.5, 0.6) is 0 Å². The van der Waals surface area contributed by atoms with Gasteiger partial charge in [0.15, 0.2) is 0 Å². The van der Waals surface area contributed by atoms with Crippen LogP contribution in [0.1, 0.15) is 10.4 Å².